The molecule has 0 spiro atoms. The van der Waals surface area contributed by atoms with Crippen LogP contribution in [0.1, 0.15) is 6.92 Å². The van der Waals surface area contributed by atoms with Crippen LogP contribution >= 0.6 is 0 Å². The Labute approximate surface area is 79.2 Å². The van der Waals surface area contributed by atoms with Gasteiger partial charge in [0.25, 0.3) is 0 Å². The lowest BCUT2D eigenvalue weighted by atomic mass is 10.1. The van der Waals surface area contributed by atoms with E-state index < -0.39 is 0 Å². The first-order valence-corrected chi connectivity index (χ1v) is 4.26. The number of hydrogen-bond acceptors (Lipinski definition) is 2. The van der Waals surface area contributed by atoms with E-state index in [-0.39, 0.29) is 0 Å². The molecule has 0 aromatic heterocycles. The molecule has 13 heavy (non-hydrogen) atoms. The second kappa shape index (κ2) is 4.03. The van der Waals surface area contributed by atoms with Gasteiger partial charge in [0.05, 0.1) is 0 Å². The smallest absolute Gasteiger partial charge is 0.156 e. The van der Waals surface area contributed by atoms with Crippen molar-refractivity contribution in [3.05, 3.63) is 23.8 Å². The van der Waals surface area contributed by atoms with Crippen molar-refractivity contribution in [1.82, 2.24) is 4.90 Å². The first kappa shape index (κ1) is 9.71. The fraction of sp³-hybridized carbons (Fsp3) is 0.400. The zero-order chi connectivity index (χ0) is 9.84. The van der Waals surface area contributed by atoms with Gasteiger partial charge in [-0.3, -0.25) is 4.99 Å². The van der Waals surface area contributed by atoms with Crippen molar-refractivity contribution in [2.75, 3.05) is 21.1 Å². The quantitative estimate of drug-likeness (QED) is 0.551. The number of hydrogen-bond donors (Lipinski definition) is 0. The molecule has 0 unspecified atom stereocenters. The summed E-state index contributed by atoms with van der Waals surface area (Å²) in [6.45, 7) is 1.99. The highest BCUT2D eigenvalue weighted by atomic mass is 15.1. The van der Waals surface area contributed by atoms with Gasteiger partial charge in [-0.05, 0) is 19.1 Å². The maximum absolute atomic E-state index is 4.39. The van der Waals surface area contributed by atoms with E-state index in [4.69, 9.17) is 0 Å². The Hall–Kier alpha value is -1.38. The van der Waals surface area contributed by atoms with Gasteiger partial charge in [0.15, 0.2) is 5.84 Å². The second-order valence-corrected chi connectivity index (χ2v) is 2.99. The molecular weight excluding hydrogens is 162 g/mol. The lowest BCUT2D eigenvalue weighted by Crippen LogP contribution is -2.23. The molecule has 1 aliphatic heterocycles. The average molecular weight is 177 g/mol. The summed E-state index contributed by atoms with van der Waals surface area (Å²) in [5.41, 5.74) is 1.08. The second-order valence-electron chi connectivity index (χ2n) is 2.99. The van der Waals surface area contributed by atoms with E-state index in [0.717, 1.165) is 17.2 Å². The number of amidine groups is 2. The summed E-state index contributed by atoms with van der Waals surface area (Å²) < 4.78 is 0. The van der Waals surface area contributed by atoms with Crippen LogP contribution in [0.2, 0.25) is 0 Å². The Bertz CT molecular complexity index is 306. The standard InChI is InChI=1S/C10H15N3/c1-5-8-6-7-9(13(3)4)12-10(8)11-2/h5-7H,1-4H3/b8-5-,11-10?. The van der Waals surface area contributed by atoms with E-state index in [1.165, 1.54) is 0 Å². The molecule has 1 aliphatic rings. The molecule has 70 valence electrons. The van der Waals surface area contributed by atoms with E-state index in [0.29, 0.717) is 0 Å². The van der Waals surface area contributed by atoms with Gasteiger partial charge in [0.1, 0.15) is 5.84 Å². The molecule has 0 aromatic carbocycles. The van der Waals surface area contributed by atoms with Gasteiger partial charge in [-0.2, -0.15) is 0 Å². The minimum Gasteiger partial charge on any atom is -0.363 e. The highest BCUT2D eigenvalue weighted by Crippen LogP contribution is 2.09. The van der Waals surface area contributed by atoms with E-state index in [2.05, 4.69) is 9.98 Å². The van der Waals surface area contributed by atoms with Crippen LogP contribution in [-0.4, -0.2) is 37.7 Å². The highest BCUT2D eigenvalue weighted by Gasteiger charge is 2.09. The minimum absolute atomic E-state index is 0.800. The first-order valence-electron chi connectivity index (χ1n) is 4.26. The molecule has 0 aromatic rings. The van der Waals surface area contributed by atoms with E-state index in [1.54, 1.807) is 7.05 Å². The summed E-state index contributed by atoms with van der Waals surface area (Å²) in [6, 6.07) is 0. The minimum atomic E-state index is 0.800. The maximum atomic E-state index is 4.39. The number of rotatable bonds is 0. The molecule has 0 saturated carbocycles. The van der Waals surface area contributed by atoms with Gasteiger partial charge in [0, 0.05) is 26.7 Å². The predicted octanol–water partition coefficient (Wildman–Crippen LogP) is 1.49. The van der Waals surface area contributed by atoms with Gasteiger partial charge < -0.3 is 4.90 Å². The van der Waals surface area contributed by atoms with Gasteiger partial charge in [-0.15, -0.1) is 0 Å². The van der Waals surface area contributed by atoms with E-state index >= 15 is 0 Å². The van der Waals surface area contributed by atoms with Crippen molar-refractivity contribution in [3.63, 3.8) is 0 Å². The van der Waals surface area contributed by atoms with Gasteiger partial charge in [-0.25, -0.2) is 4.99 Å². The fourth-order valence-electron chi connectivity index (χ4n) is 1.10. The number of aliphatic imine (C=N–C) groups is 2. The summed E-state index contributed by atoms with van der Waals surface area (Å²) >= 11 is 0. The van der Waals surface area contributed by atoms with Crippen molar-refractivity contribution in [2.45, 2.75) is 6.92 Å². The van der Waals surface area contributed by atoms with Crippen LogP contribution < -0.4 is 0 Å². The first-order chi connectivity index (χ1) is 6.19. The van der Waals surface area contributed by atoms with Crippen LogP contribution in [0.5, 0.6) is 0 Å². The predicted molar refractivity (Wildman–Crippen MR) is 57.4 cm³/mol. The third-order valence-corrected chi connectivity index (χ3v) is 1.87. The lowest BCUT2D eigenvalue weighted by molar-refractivity contribution is 0.627. The van der Waals surface area contributed by atoms with Crippen molar-refractivity contribution in [2.24, 2.45) is 9.98 Å². The average Bonchev–Trinajstić information content (AvgIpc) is 2.16. The lowest BCUT2D eigenvalue weighted by Gasteiger charge is -2.16. The molecule has 0 N–H and O–H groups in total. The van der Waals surface area contributed by atoms with Crippen LogP contribution in [0, 0.1) is 0 Å². The number of dihydropyridines is 1. The van der Waals surface area contributed by atoms with E-state index in [1.807, 2.05) is 44.1 Å². The molecule has 0 radical (unpaired) electrons. The van der Waals surface area contributed by atoms with Crippen molar-refractivity contribution in [1.29, 1.82) is 0 Å². The van der Waals surface area contributed by atoms with Gasteiger partial charge >= 0.3 is 0 Å². The van der Waals surface area contributed by atoms with Crippen LogP contribution in [0.4, 0.5) is 0 Å². The van der Waals surface area contributed by atoms with Crippen molar-refractivity contribution in [3.8, 4) is 0 Å². The molecule has 0 atom stereocenters. The Morgan fingerprint density at radius 3 is 2.54 bits per heavy atom. The third kappa shape index (κ3) is 2.05. The summed E-state index contributed by atoms with van der Waals surface area (Å²) in [6.07, 6.45) is 6.03. The topological polar surface area (TPSA) is 28.0 Å². The largest absolute Gasteiger partial charge is 0.363 e. The van der Waals surface area contributed by atoms with Crippen LogP contribution in [0.25, 0.3) is 0 Å². The van der Waals surface area contributed by atoms with Crippen molar-refractivity contribution >= 4 is 11.7 Å². The molecular formula is C10H15N3. The summed E-state index contributed by atoms with van der Waals surface area (Å²) in [5, 5.41) is 0. The molecule has 0 amide bonds. The molecule has 0 aliphatic carbocycles. The monoisotopic (exact) mass is 177 g/mol. The zero-order valence-electron chi connectivity index (χ0n) is 8.57. The Balaban J connectivity index is 3.01. The van der Waals surface area contributed by atoms with Crippen LogP contribution in [-0.2, 0) is 0 Å². The number of nitrogens with zero attached hydrogens (tertiary/aromatic N) is 3. The number of allylic oxidation sites excluding steroid dienone is 1. The molecule has 3 nitrogen and oxygen atoms in total. The molecule has 0 bridgehead atoms. The third-order valence-electron chi connectivity index (χ3n) is 1.87. The highest BCUT2D eigenvalue weighted by molar-refractivity contribution is 6.13. The molecule has 1 rings (SSSR count). The van der Waals surface area contributed by atoms with Crippen LogP contribution in [0.3, 0.4) is 0 Å². The SMILES string of the molecule is C/C=C1/C=CC(N(C)C)=NC1=NC. The Kier molecular flexibility index (Phi) is 3.01. The van der Waals surface area contributed by atoms with Gasteiger partial charge in [0.2, 0.25) is 0 Å². The fourth-order valence-corrected chi connectivity index (χ4v) is 1.10. The Morgan fingerprint density at radius 1 is 1.38 bits per heavy atom. The van der Waals surface area contributed by atoms with Gasteiger partial charge in [-0.1, -0.05) is 6.08 Å². The summed E-state index contributed by atoms with van der Waals surface area (Å²) in [4.78, 5) is 10.5. The molecule has 1 heterocycles. The maximum Gasteiger partial charge on any atom is 0.156 e. The molecule has 0 saturated heterocycles. The normalized spacial score (nSPS) is 22.3. The Morgan fingerprint density at radius 2 is 2.08 bits per heavy atom. The summed E-state index contributed by atoms with van der Waals surface area (Å²) in [5.74, 6) is 1.74. The summed E-state index contributed by atoms with van der Waals surface area (Å²) in [7, 11) is 5.70. The van der Waals surface area contributed by atoms with E-state index in [9.17, 15) is 0 Å². The van der Waals surface area contributed by atoms with Crippen LogP contribution in [0.15, 0.2) is 33.8 Å². The van der Waals surface area contributed by atoms with Crippen molar-refractivity contribution < 1.29 is 0 Å². The molecule has 0 fully saturated rings. The molecule has 3 heteroatoms. The number of likely N-dealkylation sites (N-methyl/N-ethyl adjacent to an activating group) is 1. The zero-order valence-corrected chi connectivity index (χ0v) is 8.57.